The zero-order chi connectivity index (χ0) is 39.8. The third-order valence-corrected chi connectivity index (χ3v) is 11.8. The highest BCUT2D eigenvalue weighted by Crippen LogP contribution is 2.46. The van der Waals surface area contributed by atoms with E-state index in [2.05, 4.69) is 252 Å². The monoisotopic (exact) mass is 764 g/mol. The quantitative estimate of drug-likeness (QED) is 0.150. The van der Waals surface area contributed by atoms with Crippen LogP contribution in [-0.2, 0) is 0 Å². The Balaban J connectivity index is 1.14. The molecule has 0 N–H and O–H groups in total. The number of benzene rings is 10. The minimum absolute atomic E-state index is 1.08. The highest BCUT2D eigenvalue weighted by atomic mass is 15.1. The number of aromatic nitrogens is 1. The molecule has 282 valence electrons. The largest absolute Gasteiger partial charge is 0.310 e. The summed E-state index contributed by atoms with van der Waals surface area (Å²) >= 11 is 0. The van der Waals surface area contributed by atoms with Crippen molar-refractivity contribution in [3.63, 3.8) is 0 Å². The van der Waals surface area contributed by atoms with E-state index in [0.29, 0.717) is 0 Å². The number of para-hydroxylation sites is 2. The van der Waals surface area contributed by atoms with E-state index in [4.69, 9.17) is 0 Å². The van der Waals surface area contributed by atoms with E-state index in [1.165, 1.54) is 77.1 Å². The first kappa shape index (κ1) is 35.2. The van der Waals surface area contributed by atoms with Crippen molar-refractivity contribution in [2.75, 3.05) is 4.90 Å². The molecule has 0 bridgehead atoms. The summed E-state index contributed by atoms with van der Waals surface area (Å²) in [5, 5.41) is 4.93. The number of nitrogens with zero attached hydrogens (tertiary/aromatic N) is 2. The van der Waals surface area contributed by atoms with Gasteiger partial charge < -0.3 is 9.47 Å². The molecule has 2 nitrogen and oxygen atoms in total. The van der Waals surface area contributed by atoms with Crippen LogP contribution >= 0.6 is 0 Å². The molecular weight excluding hydrogens is 725 g/mol. The summed E-state index contributed by atoms with van der Waals surface area (Å²) in [6, 6.07) is 87.8. The molecule has 0 fully saturated rings. The first-order chi connectivity index (χ1) is 29.8. The summed E-state index contributed by atoms with van der Waals surface area (Å²) in [7, 11) is 0. The average molecular weight is 765 g/mol. The zero-order valence-corrected chi connectivity index (χ0v) is 33.0. The molecule has 1 aromatic heterocycles. The summed E-state index contributed by atoms with van der Waals surface area (Å²) in [5.74, 6) is 0. The van der Waals surface area contributed by atoms with Crippen LogP contribution < -0.4 is 4.90 Å². The lowest BCUT2D eigenvalue weighted by Gasteiger charge is -2.28. The van der Waals surface area contributed by atoms with E-state index >= 15 is 0 Å². The summed E-state index contributed by atoms with van der Waals surface area (Å²) in [5.41, 5.74) is 16.4. The van der Waals surface area contributed by atoms with Crippen LogP contribution in [0.25, 0.3) is 82.8 Å². The van der Waals surface area contributed by atoms with E-state index in [0.717, 1.165) is 22.7 Å². The molecule has 2 heteroatoms. The lowest BCUT2D eigenvalue weighted by Crippen LogP contribution is -2.11. The molecule has 0 aliphatic rings. The predicted octanol–water partition coefficient (Wildman–Crippen LogP) is 16.1. The minimum Gasteiger partial charge on any atom is -0.310 e. The molecule has 0 atom stereocenters. The first-order valence-corrected chi connectivity index (χ1v) is 20.6. The van der Waals surface area contributed by atoms with Crippen molar-refractivity contribution >= 4 is 49.6 Å². The van der Waals surface area contributed by atoms with Crippen molar-refractivity contribution in [1.29, 1.82) is 0 Å². The van der Waals surface area contributed by atoms with Gasteiger partial charge in [0.05, 0.1) is 16.7 Å². The molecule has 0 unspecified atom stereocenters. The Morgan fingerprint density at radius 1 is 0.300 bits per heavy atom. The van der Waals surface area contributed by atoms with Crippen molar-refractivity contribution < 1.29 is 0 Å². The van der Waals surface area contributed by atoms with Gasteiger partial charge in [0.1, 0.15) is 0 Å². The van der Waals surface area contributed by atoms with Gasteiger partial charge in [-0.15, -0.1) is 0 Å². The van der Waals surface area contributed by atoms with Gasteiger partial charge in [0, 0.05) is 33.4 Å². The number of hydrogen-bond donors (Lipinski definition) is 0. The van der Waals surface area contributed by atoms with E-state index in [1.807, 2.05) is 0 Å². The zero-order valence-electron chi connectivity index (χ0n) is 33.0. The second-order valence-corrected chi connectivity index (χ2v) is 15.3. The smallest absolute Gasteiger partial charge is 0.0547 e. The minimum atomic E-state index is 1.08. The van der Waals surface area contributed by atoms with Crippen molar-refractivity contribution in [3.05, 3.63) is 243 Å². The lowest BCUT2D eigenvalue weighted by molar-refractivity contribution is 1.18. The van der Waals surface area contributed by atoms with Crippen LogP contribution in [0, 0.1) is 0 Å². The fourth-order valence-corrected chi connectivity index (χ4v) is 9.10. The van der Waals surface area contributed by atoms with E-state index in [-0.39, 0.29) is 0 Å². The third-order valence-electron chi connectivity index (χ3n) is 11.8. The second-order valence-electron chi connectivity index (χ2n) is 15.3. The van der Waals surface area contributed by atoms with Crippen molar-refractivity contribution in [3.8, 4) is 50.2 Å². The Kier molecular flexibility index (Phi) is 8.87. The van der Waals surface area contributed by atoms with Crippen LogP contribution in [0.2, 0.25) is 0 Å². The second kappa shape index (κ2) is 15.1. The standard InChI is InChI=1S/C58H40N2/c1-5-18-41(19-6-1)49-28-13-14-32-54(49)59(47-36-34-44(35-37-47)51-30-16-25-45-24-15-29-50(57(45)51)42-20-7-2-8-21-42)48-38-39-55-53(40-48)58-52(43-22-9-3-10-23-43)31-17-33-56(58)60(55)46-26-11-4-12-27-46/h1-40H. The van der Waals surface area contributed by atoms with Crippen molar-refractivity contribution in [1.82, 2.24) is 4.57 Å². The topological polar surface area (TPSA) is 8.17 Å². The number of anilines is 3. The molecule has 0 spiro atoms. The van der Waals surface area contributed by atoms with Crippen LogP contribution in [0.5, 0.6) is 0 Å². The van der Waals surface area contributed by atoms with Crippen LogP contribution in [0.1, 0.15) is 0 Å². The normalized spacial score (nSPS) is 11.3. The molecule has 0 aliphatic heterocycles. The van der Waals surface area contributed by atoms with Crippen molar-refractivity contribution in [2.45, 2.75) is 0 Å². The Labute approximate surface area is 350 Å². The maximum absolute atomic E-state index is 2.43. The molecule has 10 aromatic carbocycles. The fourth-order valence-electron chi connectivity index (χ4n) is 9.10. The molecular formula is C58H40N2. The van der Waals surface area contributed by atoms with Gasteiger partial charge >= 0.3 is 0 Å². The van der Waals surface area contributed by atoms with Gasteiger partial charge in [-0.3, -0.25) is 0 Å². The molecule has 11 rings (SSSR count). The van der Waals surface area contributed by atoms with Gasteiger partial charge in [0.2, 0.25) is 0 Å². The highest BCUT2D eigenvalue weighted by Gasteiger charge is 2.22. The van der Waals surface area contributed by atoms with Crippen LogP contribution in [0.3, 0.4) is 0 Å². The summed E-state index contributed by atoms with van der Waals surface area (Å²) < 4.78 is 2.41. The Morgan fingerprint density at radius 2 is 0.767 bits per heavy atom. The highest BCUT2D eigenvalue weighted by molar-refractivity contribution is 6.17. The van der Waals surface area contributed by atoms with E-state index in [1.54, 1.807) is 0 Å². The maximum Gasteiger partial charge on any atom is 0.0547 e. The molecule has 0 amide bonds. The van der Waals surface area contributed by atoms with Gasteiger partial charge in [-0.25, -0.2) is 0 Å². The van der Waals surface area contributed by atoms with Gasteiger partial charge in [0.15, 0.2) is 0 Å². The Bertz CT molecular complexity index is 3270. The summed E-state index contributed by atoms with van der Waals surface area (Å²) in [4.78, 5) is 2.43. The molecule has 0 saturated heterocycles. The number of hydrogen-bond acceptors (Lipinski definition) is 1. The summed E-state index contributed by atoms with van der Waals surface area (Å²) in [6.45, 7) is 0. The number of rotatable bonds is 8. The molecule has 0 saturated carbocycles. The third kappa shape index (κ3) is 6.14. The van der Waals surface area contributed by atoms with Gasteiger partial charge in [-0.2, -0.15) is 0 Å². The molecule has 0 radical (unpaired) electrons. The first-order valence-electron chi connectivity index (χ1n) is 20.6. The maximum atomic E-state index is 2.43. The average Bonchev–Trinajstić information content (AvgIpc) is 3.67. The molecule has 60 heavy (non-hydrogen) atoms. The van der Waals surface area contributed by atoms with Crippen LogP contribution in [0.4, 0.5) is 17.1 Å². The summed E-state index contributed by atoms with van der Waals surface area (Å²) in [6.07, 6.45) is 0. The predicted molar refractivity (Wildman–Crippen MR) is 255 cm³/mol. The molecule has 11 aromatic rings. The van der Waals surface area contributed by atoms with Gasteiger partial charge in [-0.1, -0.05) is 188 Å². The van der Waals surface area contributed by atoms with Gasteiger partial charge in [0.25, 0.3) is 0 Å². The van der Waals surface area contributed by atoms with E-state index in [9.17, 15) is 0 Å². The van der Waals surface area contributed by atoms with E-state index < -0.39 is 0 Å². The number of fused-ring (bicyclic) bond motifs is 4. The van der Waals surface area contributed by atoms with Gasteiger partial charge in [-0.05, 0) is 104 Å². The molecule has 0 aliphatic carbocycles. The SMILES string of the molecule is c1ccc(-c2ccccc2N(c2ccc(-c3cccc4cccc(-c5ccccc5)c34)cc2)c2ccc3c(c2)c2c(-c4ccccc4)cccc2n3-c2ccccc2)cc1. The van der Waals surface area contributed by atoms with Crippen molar-refractivity contribution in [2.24, 2.45) is 0 Å². The molecule has 1 heterocycles. The van der Waals surface area contributed by atoms with Crippen LogP contribution in [0.15, 0.2) is 243 Å². The Hall–Kier alpha value is -7.94. The fraction of sp³-hybridized carbons (Fsp3) is 0. The van der Waals surface area contributed by atoms with Crippen LogP contribution in [-0.4, -0.2) is 4.57 Å². The Morgan fingerprint density at radius 3 is 1.38 bits per heavy atom. The lowest BCUT2D eigenvalue weighted by atomic mass is 9.91.